The minimum absolute atomic E-state index is 0.0504. The van der Waals surface area contributed by atoms with Crippen molar-refractivity contribution < 1.29 is 90.5 Å². The Bertz CT molecular complexity index is 3940. The fraction of sp³-hybridized carbons (Fsp3) is 0.606. The molecule has 0 bridgehead atoms. The van der Waals surface area contributed by atoms with Crippen LogP contribution in [0.15, 0.2) is 110 Å². The van der Waals surface area contributed by atoms with Crippen LogP contribution in [-0.2, 0) is 128 Å². The van der Waals surface area contributed by atoms with Gasteiger partial charge in [-0.25, -0.2) is 0 Å². The van der Waals surface area contributed by atoms with Crippen LogP contribution in [0, 0.1) is 0 Å². The van der Waals surface area contributed by atoms with E-state index >= 15 is 14.4 Å². The van der Waals surface area contributed by atoms with Gasteiger partial charge in [0, 0.05) is 91.3 Å². The molecule has 36 heteroatoms. The van der Waals surface area contributed by atoms with Crippen LogP contribution in [0.25, 0.3) is 0 Å². The molecule has 0 amide bonds. The van der Waals surface area contributed by atoms with Crippen LogP contribution in [0.2, 0.25) is 0 Å². The van der Waals surface area contributed by atoms with E-state index in [4.69, 9.17) is 18.9 Å². The number of aryl methyl sites for hydroxylation is 3. The maximum Gasteiger partial charge on any atom is 0.323 e. The van der Waals surface area contributed by atoms with Gasteiger partial charge in [0.25, 0.3) is 30.4 Å². The predicted molar refractivity (Wildman–Crippen MR) is 396 cm³/mol. The van der Waals surface area contributed by atoms with Crippen molar-refractivity contribution in [2.45, 2.75) is 142 Å². The van der Waals surface area contributed by atoms with Crippen molar-refractivity contribution >= 4 is 54.2 Å². The van der Waals surface area contributed by atoms with E-state index in [0.29, 0.717) is 69.8 Å². The minimum Gasteiger partial charge on any atom is -0.460 e. The summed E-state index contributed by atoms with van der Waals surface area (Å²) in [5, 5.41) is 26.8. The molecule has 4 heterocycles. The van der Waals surface area contributed by atoms with Crippen molar-refractivity contribution in [1.82, 2.24) is 64.6 Å². The summed E-state index contributed by atoms with van der Waals surface area (Å²) in [6, 6.07) is 24.8. The predicted octanol–water partition coefficient (Wildman–Crippen LogP) is 3.49. The summed E-state index contributed by atoms with van der Waals surface area (Å²) in [7, 11) is -1.01. The molecule has 1 aliphatic rings. The summed E-state index contributed by atoms with van der Waals surface area (Å²) >= 11 is 0. The highest BCUT2D eigenvalue weighted by atomic mass is 32.2. The fourth-order valence-electron chi connectivity index (χ4n) is 12.9. The van der Waals surface area contributed by atoms with Gasteiger partial charge in [0.1, 0.15) is 80.3 Å². The van der Waals surface area contributed by atoms with Crippen molar-refractivity contribution in [1.29, 1.82) is 0 Å². The van der Waals surface area contributed by atoms with Crippen LogP contribution in [0.5, 0.6) is 0 Å². The van der Waals surface area contributed by atoms with Gasteiger partial charge < -0.3 is 32.4 Å². The van der Waals surface area contributed by atoms with Crippen molar-refractivity contribution in [3.8, 4) is 0 Å². The molecule has 3 atom stereocenters. The lowest BCUT2D eigenvalue weighted by Gasteiger charge is -2.39. The maximum atomic E-state index is 15.4. The number of hydrogen-bond acceptors (Lipinski definition) is 24. The third-order valence-corrected chi connectivity index (χ3v) is 20.7. The van der Waals surface area contributed by atoms with Gasteiger partial charge in [-0.2, -0.15) is 25.3 Å². The maximum absolute atomic E-state index is 15.4. The Morgan fingerprint density at radius 1 is 0.439 bits per heavy atom. The first-order chi connectivity index (χ1) is 50.3. The molecule has 0 unspecified atom stereocenters. The van der Waals surface area contributed by atoms with Gasteiger partial charge in [-0.05, 0) is 56.7 Å². The zero-order valence-corrected chi connectivity index (χ0v) is 65.7. The Balaban J connectivity index is 1.30. The summed E-state index contributed by atoms with van der Waals surface area (Å²) < 4.78 is 129. The largest absolute Gasteiger partial charge is 0.460 e. The molecule has 3 aromatic carbocycles. The number of hydrogen-bond donors (Lipinski definition) is 3. The standard InChI is InChI=1S/C71H108N16O17S3/c1-71(2,3)104-67(88)51-78-34-36-79(64(68(89)101-55-58-22-13-10-14-23-58)28-31-82-48-61(72-75-82)52-85(4,5)42-19-45-105(92,93)94)38-40-81(66(70(91)103-57-60-26-17-12-18-27-60)30-33-84-50-63(74-77-84)54-87(8,9)44-21-47-107(98,99)100)41-39-80(37-35-78)65(69(90)102-56-59-24-15-11-16-25-59)29-32-83-49-62(73-76-83)53-86(6,7)43-20-46-106(95,96)97/h10-18,22-27,48-50,64-66H,19-21,28-47,51-57H2,1-9H3/p+3/t64-,65-,66-/m1/s1. The molecule has 592 valence electrons. The Morgan fingerprint density at radius 2 is 0.710 bits per heavy atom. The highest BCUT2D eigenvalue weighted by Gasteiger charge is 2.37. The summed E-state index contributed by atoms with van der Waals surface area (Å²) in [6.07, 6.45) is 6.35. The molecule has 0 spiro atoms. The van der Waals surface area contributed by atoms with Crippen LogP contribution in [0.1, 0.15) is 93.1 Å². The summed E-state index contributed by atoms with van der Waals surface area (Å²) in [5.41, 5.74) is 3.19. The van der Waals surface area contributed by atoms with Crippen LogP contribution in [0.3, 0.4) is 0 Å². The number of quaternary nitrogens is 3. The second-order valence-electron chi connectivity index (χ2n) is 30.5. The third-order valence-electron chi connectivity index (χ3n) is 18.3. The first kappa shape index (κ1) is 86.6. The fourth-order valence-corrected chi connectivity index (χ4v) is 14.4. The lowest BCUT2D eigenvalue weighted by molar-refractivity contribution is -0.903. The molecule has 1 fully saturated rings. The van der Waals surface area contributed by atoms with E-state index in [1.54, 1.807) is 53.4 Å². The number of nitrogens with zero attached hydrogens (tertiary/aromatic N) is 16. The average molecular weight is 1560 g/mol. The van der Waals surface area contributed by atoms with Crippen molar-refractivity contribution in [3.05, 3.63) is 143 Å². The van der Waals surface area contributed by atoms with Crippen LogP contribution < -0.4 is 0 Å². The summed E-state index contributed by atoms with van der Waals surface area (Å²) in [6.45, 7) is 8.96. The highest BCUT2D eigenvalue weighted by molar-refractivity contribution is 7.86. The molecule has 7 rings (SSSR count). The van der Waals surface area contributed by atoms with Crippen LogP contribution >= 0.6 is 0 Å². The highest BCUT2D eigenvalue weighted by Crippen LogP contribution is 2.22. The molecule has 33 nitrogen and oxygen atoms in total. The first-order valence-electron chi connectivity index (χ1n) is 36.1. The molecule has 0 aliphatic carbocycles. The Hall–Kier alpha value is -7.59. The van der Waals surface area contributed by atoms with Crippen molar-refractivity contribution in [2.75, 3.05) is 138 Å². The molecule has 1 saturated heterocycles. The monoisotopic (exact) mass is 1560 g/mol. The second kappa shape index (κ2) is 40.2. The van der Waals surface area contributed by atoms with Gasteiger partial charge in [0.05, 0.1) is 104 Å². The normalized spacial score (nSPS) is 15.7. The Labute approximate surface area is 629 Å². The van der Waals surface area contributed by atoms with Crippen molar-refractivity contribution in [2.24, 2.45) is 0 Å². The number of aromatic nitrogens is 9. The smallest absolute Gasteiger partial charge is 0.323 e. The van der Waals surface area contributed by atoms with Gasteiger partial charge in [-0.15, -0.1) is 15.3 Å². The van der Waals surface area contributed by atoms with Gasteiger partial charge in [-0.3, -0.25) is 66.5 Å². The molecule has 1 aliphatic heterocycles. The van der Waals surface area contributed by atoms with Gasteiger partial charge >= 0.3 is 23.9 Å². The van der Waals surface area contributed by atoms with Gasteiger partial charge in [0.15, 0.2) is 0 Å². The zero-order chi connectivity index (χ0) is 78.1. The van der Waals surface area contributed by atoms with E-state index in [1.807, 2.05) is 153 Å². The van der Waals surface area contributed by atoms with E-state index in [9.17, 15) is 43.7 Å². The molecule has 0 saturated carbocycles. The van der Waals surface area contributed by atoms with E-state index in [0.717, 1.165) is 16.7 Å². The molecule has 107 heavy (non-hydrogen) atoms. The number of esters is 4. The lowest BCUT2D eigenvalue weighted by Crippen LogP contribution is -2.56. The van der Waals surface area contributed by atoms with Crippen molar-refractivity contribution in [3.63, 3.8) is 0 Å². The average Bonchev–Trinajstić information content (AvgIpc) is 1.75. The molecular formula is C71H111N16O17S3+3. The number of carbonyl (C=O) groups excluding carboxylic acids is 4. The minimum atomic E-state index is -4.17. The number of carbonyl (C=O) groups is 4. The van der Waals surface area contributed by atoms with Crippen LogP contribution in [-0.4, -0.2) is 303 Å². The number of benzene rings is 3. The summed E-state index contributed by atoms with van der Waals surface area (Å²) in [5.74, 6) is -3.35. The van der Waals surface area contributed by atoms with Crippen LogP contribution in [0.4, 0.5) is 0 Å². The third kappa shape index (κ3) is 33.4. The summed E-state index contributed by atoms with van der Waals surface area (Å²) in [4.78, 5) is 67.9. The van der Waals surface area contributed by atoms with Gasteiger partial charge in [0.2, 0.25) is 0 Å². The van der Waals surface area contributed by atoms with E-state index in [1.165, 1.54) is 0 Å². The SMILES string of the molecule is CC(C)(C)OC(=O)CN1CCN([C@H](CCn2cc(C[N+](C)(C)CCCS(=O)(=O)O)nn2)C(=O)OCc2ccccc2)CCN([C@H](CCn2cc(C[N+](C)(C)CCCS(=O)(=O)O)nn2)C(=O)OCc2ccccc2)CCN([C@H](CCn2cc(C[N+](C)(C)CCCS(=O)(=O)O)nn2)C(=O)OCc2ccccc2)CC1. The van der Waals surface area contributed by atoms with E-state index < -0.39 is 83.7 Å². The molecule has 0 radical (unpaired) electrons. The number of rotatable bonds is 41. The quantitative estimate of drug-likeness (QED) is 0.0214. The first-order valence-corrected chi connectivity index (χ1v) is 40.9. The van der Waals surface area contributed by atoms with E-state index in [2.05, 4.69) is 30.9 Å². The zero-order valence-electron chi connectivity index (χ0n) is 63.3. The topological polar surface area (TPSA) is 373 Å². The molecular weight excluding hydrogens is 1450 g/mol. The lowest BCUT2D eigenvalue weighted by atomic mass is 10.1. The van der Waals surface area contributed by atoms with Gasteiger partial charge in [-0.1, -0.05) is 107 Å². The molecule has 6 aromatic rings. The Morgan fingerprint density at radius 3 is 0.972 bits per heavy atom. The molecule has 3 N–H and O–H groups in total. The van der Waals surface area contributed by atoms with E-state index in [-0.39, 0.29) is 148 Å². The second-order valence-corrected chi connectivity index (χ2v) is 35.2. The molecule has 3 aromatic heterocycles. The Kier molecular flexibility index (Phi) is 32.6. The number of ether oxygens (including phenoxy) is 4.